The number of rotatable bonds is 3. The van der Waals surface area contributed by atoms with Crippen molar-refractivity contribution in [3.8, 4) is 6.07 Å². The van der Waals surface area contributed by atoms with Gasteiger partial charge in [-0.1, -0.05) is 19.1 Å². The summed E-state index contributed by atoms with van der Waals surface area (Å²) in [5.41, 5.74) is 1.12. The molecule has 0 spiro atoms. The van der Waals surface area contributed by atoms with Crippen LogP contribution in [-0.2, 0) is 16.4 Å². The van der Waals surface area contributed by atoms with Gasteiger partial charge in [-0.2, -0.15) is 9.57 Å². The fraction of sp³-hybridized carbons (Fsp3) is 0.500. The van der Waals surface area contributed by atoms with Gasteiger partial charge < -0.3 is 0 Å². The molecule has 1 aliphatic heterocycles. The molecule has 5 heteroatoms. The Balaban J connectivity index is 2.23. The summed E-state index contributed by atoms with van der Waals surface area (Å²) in [4.78, 5) is 0.322. The fourth-order valence-electron chi connectivity index (χ4n) is 2.31. The molecule has 0 saturated carbocycles. The molecule has 1 saturated heterocycles. The van der Waals surface area contributed by atoms with E-state index in [9.17, 15) is 8.42 Å². The highest BCUT2D eigenvalue weighted by atomic mass is 32.2. The van der Waals surface area contributed by atoms with Gasteiger partial charge in [0.1, 0.15) is 0 Å². The highest BCUT2D eigenvalue weighted by Crippen LogP contribution is 2.23. The smallest absolute Gasteiger partial charge is 0.207 e. The lowest BCUT2D eigenvalue weighted by Gasteiger charge is -2.28. The molecule has 0 aliphatic carbocycles. The minimum Gasteiger partial charge on any atom is -0.207 e. The van der Waals surface area contributed by atoms with Crippen molar-refractivity contribution in [1.82, 2.24) is 4.31 Å². The summed E-state index contributed by atoms with van der Waals surface area (Å²) in [7, 11) is -3.45. The highest BCUT2D eigenvalue weighted by Gasteiger charge is 2.29. The summed E-state index contributed by atoms with van der Waals surface area (Å²) < 4.78 is 26.4. The molecule has 1 aromatic rings. The molecule has 0 aromatic heterocycles. The minimum absolute atomic E-state index is 0.182. The average molecular weight is 278 g/mol. The van der Waals surface area contributed by atoms with Crippen LogP contribution in [-0.4, -0.2) is 25.8 Å². The number of aryl methyl sites for hydroxylation is 1. The van der Waals surface area contributed by atoms with Crippen molar-refractivity contribution in [3.63, 3.8) is 0 Å². The van der Waals surface area contributed by atoms with Gasteiger partial charge in [-0.3, -0.25) is 0 Å². The number of hydrogen-bond donors (Lipinski definition) is 0. The molecule has 0 N–H and O–H groups in total. The molecule has 0 bridgehead atoms. The largest absolute Gasteiger partial charge is 0.243 e. The molecule has 4 nitrogen and oxygen atoms in total. The molecule has 19 heavy (non-hydrogen) atoms. The first kappa shape index (κ1) is 14.0. The Morgan fingerprint density at radius 2 is 2.05 bits per heavy atom. The molecule has 0 radical (unpaired) electrons. The molecule has 1 fully saturated rings. The van der Waals surface area contributed by atoms with Crippen molar-refractivity contribution in [3.05, 3.63) is 29.8 Å². The SMILES string of the molecule is CCc1ccc(S(=O)(=O)N2CCCC(C#N)C2)cc1. The van der Waals surface area contributed by atoms with Crippen molar-refractivity contribution in [2.24, 2.45) is 5.92 Å². The number of hydrogen-bond acceptors (Lipinski definition) is 3. The Morgan fingerprint density at radius 3 is 2.63 bits per heavy atom. The molecule has 102 valence electrons. The molecule has 1 unspecified atom stereocenters. The van der Waals surface area contributed by atoms with Crippen molar-refractivity contribution < 1.29 is 8.42 Å². The maximum atomic E-state index is 12.5. The third kappa shape index (κ3) is 2.96. The third-order valence-corrected chi connectivity index (χ3v) is 5.42. The minimum atomic E-state index is -3.45. The topological polar surface area (TPSA) is 61.2 Å². The Hall–Kier alpha value is -1.38. The average Bonchev–Trinajstić information content (AvgIpc) is 2.47. The van der Waals surface area contributed by atoms with Crippen molar-refractivity contribution in [1.29, 1.82) is 5.26 Å². The van der Waals surface area contributed by atoms with E-state index in [1.807, 2.05) is 19.1 Å². The summed E-state index contributed by atoms with van der Waals surface area (Å²) >= 11 is 0. The lowest BCUT2D eigenvalue weighted by molar-refractivity contribution is 0.305. The summed E-state index contributed by atoms with van der Waals surface area (Å²) in [5, 5.41) is 8.94. The summed E-state index contributed by atoms with van der Waals surface area (Å²) in [5.74, 6) is -0.182. The lowest BCUT2D eigenvalue weighted by Crippen LogP contribution is -2.39. The number of benzene rings is 1. The first-order valence-corrected chi connectivity index (χ1v) is 8.00. The Labute approximate surface area is 114 Å². The van der Waals surface area contributed by atoms with E-state index in [2.05, 4.69) is 6.07 Å². The van der Waals surface area contributed by atoms with E-state index in [-0.39, 0.29) is 5.92 Å². The van der Waals surface area contributed by atoms with E-state index in [1.165, 1.54) is 4.31 Å². The number of nitriles is 1. The molecule has 1 aromatic carbocycles. The monoisotopic (exact) mass is 278 g/mol. The summed E-state index contributed by atoms with van der Waals surface area (Å²) in [6.07, 6.45) is 2.43. The zero-order valence-electron chi connectivity index (χ0n) is 11.0. The second-order valence-electron chi connectivity index (χ2n) is 4.83. The van der Waals surface area contributed by atoms with Crippen molar-refractivity contribution >= 4 is 10.0 Å². The van der Waals surface area contributed by atoms with E-state index in [4.69, 9.17) is 5.26 Å². The zero-order valence-corrected chi connectivity index (χ0v) is 11.9. The molecule has 1 atom stereocenters. The van der Waals surface area contributed by atoms with Gasteiger partial charge in [-0.15, -0.1) is 0 Å². The number of nitrogens with zero attached hydrogens (tertiary/aromatic N) is 2. The van der Waals surface area contributed by atoms with Gasteiger partial charge in [0.2, 0.25) is 10.0 Å². The standard InChI is InChI=1S/C14H18N2O2S/c1-2-12-5-7-14(8-6-12)19(17,18)16-9-3-4-13(10-15)11-16/h5-8,13H,2-4,9,11H2,1H3. The van der Waals surface area contributed by atoms with Gasteiger partial charge in [-0.25, -0.2) is 8.42 Å². The molecule has 1 heterocycles. The zero-order chi connectivity index (χ0) is 13.9. The second-order valence-corrected chi connectivity index (χ2v) is 6.77. The van der Waals surface area contributed by atoms with Crippen LogP contribution in [0.4, 0.5) is 0 Å². The first-order valence-electron chi connectivity index (χ1n) is 6.56. The van der Waals surface area contributed by atoms with Crippen LogP contribution in [0.2, 0.25) is 0 Å². The van der Waals surface area contributed by atoms with Crippen LogP contribution in [0.1, 0.15) is 25.3 Å². The molecule has 1 aliphatic rings. The Morgan fingerprint density at radius 1 is 1.37 bits per heavy atom. The van der Waals surface area contributed by atoms with Gasteiger partial charge in [0, 0.05) is 13.1 Å². The quantitative estimate of drug-likeness (QED) is 0.851. The van der Waals surface area contributed by atoms with E-state index in [0.717, 1.165) is 24.8 Å². The van der Waals surface area contributed by atoms with Gasteiger partial charge in [0.25, 0.3) is 0 Å². The fourth-order valence-corrected chi connectivity index (χ4v) is 3.84. The van der Waals surface area contributed by atoms with Crippen LogP contribution in [0.5, 0.6) is 0 Å². The molecular formula is C14H18N2O2S. The maximum absolute atomic E-state index is 12.5. The predicted octanol–water partition coefficient (Wildman–Crippen LogP) is 2.17. The summed E-state index contributed by atoms with van der Waals surface area (Å²) in [6, 6.07) is 9.18. The Kier molecular flexibility index (Phi) is 4.23. The molecule has 2 rings (SSSR count). The number of piperidine rings is 1. The van der Waals surface area contributed by atoms with Gasteiger partial charge in [0.15, 0.2) is 0 Å². The van der Waals surface area contributed by atoms with Crippen LogP contribution >= 0.6 is 0 Å². The van der Waals surface area contributed by atoms with E-state index < -0.39 is 10.0 Å². The van der Waals surface area contributed by atoms with Crippen LogP contribution in [0.25, 0.3) is 0 Å². The van der Waals surface area contributed by atoms with E-state index in [1.54, 1.807) is 12.1 Å². The van der Waals surface area contributed by atoms with E-state index in [0.29, 0.717) is 18.0 Å². The van der Waals surface area contributed by atoms with Crippen molar-refractivity contribution in [2.75, 3.05) is 13.1 Å². The Bertz CT molecular complexity index is 572. The molecular weight excluding hydrogens is 260 g/mol. The summed E-state index contributed by atoms with van der Waals surface area (Å²) in [6.45, 7) is 2.86. The lowest BCUT2D eigenvalue weighted by atomic mass is 10.0. The van der Waals surface area contributed by atoms with Crippen LogP contribution in [0.3, 0.4) is 0 Å². The third-order valence-electron chi connectivity index (χ3n) is 3.54. The van der Waals surface area contributed by atoms with Gasteiger partial charge in [-0.05, 0) is 37.0 Å². The normalized spacial score (nSPS) is 20.9. The van der Waals surface area contributed by atoms with Crippen LogP contribution < -0.4 is 0 Å². The molecule has 0 amide bonds. The van der Waals surface area contributed by atoms with E-state index >= 15 is 0 Å². The maximum Gasteiger partial charge on any atom is 0.243 e. The van der Waals surface area contributed by atoms with Gasteiger partial charge >= 0.3 is 0 Å². The van der Waals surface area contributed by atoms with Gasteiger partial charge in [0.05, 0.1) is 16.9 Å². The highest BCUT2D eigenvalue weighted by molar-refractivity contribution is 7.89. The van der Waals surface area contributed by atoms with Crippen molar-refractivity contribution in [2.45, 2.75) is 31.1 Å². The van der Waals surface area contributed by atoms with Crippen LogP contribution in [0.15, 0.2) is 29.2 Å². The number of sulfonamides is 1. The first-order chi connectivity index (χ1) is 9.07. The van der Waals surface area contributed by atoms with Crippen LogP contribution in [0, 0.1) is 17.2 Å². The predicted molar refractivity (Wildman–Crippen MR) is 72.9 cm³/mol. The second kappa shape index (κ2) is 5.72.